The number of rotatable bonds is 7. The van der Waals surface area contributed by atoms with Crippen LogP contribution in [0.25, 0.3) is 11.3 Å². The van der Waals surface area contributed by atoms with E-state index in [4.69, 9.17) is 9.84 Å². The maximum atomic E-state index is 13.6. The summed E-state index contributed by atoms with van der Waals surface area (Å²) in [6, 6.07) is 24.9. The highest BCUT2D eigenvalue weighted by Crippen LogP contribution is 2.33. The van der Waals surface area contributed by atoms with Crippen molar-refractivity contribution in [3.63, 3.8) is 0 Å². The smallest absolute Gasteiger partial charge is 0.259 e. The van der Waals surface area contributed by atoms with Crippen LogP contribution >= 0.6 is 0 Å². The van der Waals surface area contributed by atoms with E-state index in [0.717, 1.165) is 17.5 Å². The van der Waals surface area contributed by atoms with Gasteiger partial charge in [-0.1, -0.05) is 54.6 Å². The van der Waals surface area contributed by atoms with Gasteiger partial charge in [-0.15, -0.1) is 0 Å². The van der Waals surface area contributed by atoms with E-state index in [9.17, 15) is 9.59 Å². The maximum Gasteiger partial charge on any atom is 0.259 e. The Balaban J connectivity index is 1.52. The van der Waals surface area contributed by atoms with Crippen LogP contribution in [-0.2, 0) is 11.3 Å². The summed E-state index contributed by atoms with van der Waals surface area (Å²) in [4.78, 5) is 27.7. The van der Waals surface area contributed by atoms with Gasteiger partial charge in [0.15, 0.2) is 0 Å². The molecule has 0 aliphatic carbocycles. The summed E-state index contributed by atoms with van der Waals surface area (Å²) in [6.07, 6.45) is 3.09. The molecule has 0 bridgehead atoms. The molecule has 3 aromatic carbocycles. The lowest BCUT2D eigenvalue weighted by molar-refractivity contribution is -0.117. The van der Waals surface area contributed by atoms with Gasteiger partial charge in [-0.25, -0.2) is 0 Å². The molecule has 1 saturated heterocycles. The van der Waals surface area contributed by atoms with E-state index < -0.39 is 0 Å². The number of nitrogens with zero attached hydrogens (tertiary/aromatic N) is 3. The van der Waals surface area contributed by atoms with Crippen molar-refractivity contribution in [3.8, 4) is 17.0 Å². The Morgan fingerprint density at radius 2 is 1.74 bits per heavy atom. The SMILES string of the molecule is COc1ccccc1-c1nn(Cc2ccccc2)cc1C(=O)Nc1ccccc1N1CCCC1=O. The highest BCUT2D eigenvalue weighted by Gasteiger charge is 2.26. The van der Waals surface area contributed by atoms with E-state index >= 15 is 0 Å². The number of aromatic nitrogens is 2. The molecule has 0 radical (unpaired) electrons. The molecular weight excluding hydrogens is 440 g/mol. The van der Waals surface area contributed by atoms with Gasteiger partial charge in [0.1, 0.15) is 11.4 Å². The largest absolute Gasteiger partial charge is 0.496 e. The van der Waals surface area contributed by atoms with Crippen LogP contribution in [0.3, 0.4) is 0 Å². The van der Waals surface area contributed by atoms with E-state index in [0.29, 0.717) is 47.9 Å². The number of carbonyl (C=O) groups is 2. The third kappa shape index (κ3) is 4.66. The van der Waals surface area contributed by atoms with Crippen molar-refractivity contribution >= 4 is 23.2 Å². The third-order valence-corrected chi connectivity index (χ3v) is 6.07. The minimum Gasteiger partial charge on any atom is -0.496 e. The van der Waals surface area contributed by atoms with Crippen molar-refractivity contribution in [1.29, 1.82) is 0 Å². The third-order valence-electron chi connectivity index (χ3n) is 6.07. The summed E-state index contributed by atoms with van der Waals surface area (Å²) in [5.74, 6) is 0.399. The number of hydrogen-bond acceptors (Lipinski definition) is 4. The zero-order valence-electron chi connectivity index (χ0n) is 19.5. The Hall–Kier alpha value is -4.39. The van der Waals surface area contributed by atoms with Crippen LogP contribution in [0.5, 0.6) is 5.75 Å². The maximum absolute atomic E-state index is 13.6. The quantitative estimate of drug-likeness (QED) is 0.417. The molecule has 0 atom stereocenters. The van der Waals surface area contributed by atoms with Crippen molar-refractivity contribution in [2.24, 2.45) is 0 Å². The van der Waals surface area contributed by atoms with Crippen LogP contribution in [0.4, 0.5) is 11.4 Å². The Morgan fingerprint density at radius 3 is 2.51 bits per heavy atom. The van der Waals surface area contributed by atoms with Gasteiger partial charge in [0.25, 0.3) is 5.91 Å². The Kier molecular flexibility index (Phi) is 6.30. The van der Waals surface area contributed by atoms with Gasteiger partial charge in [0.05, 0.1) is 30.6 Å². The molecule has 7 heteroatoms. The normalized spacial score (nSPS) is 13.2. The Morgan fingerprint density at radius 1 is 1.00 bits per heavy atom. The monoisotopic (exact) mass is 466 g/mol. The summed E-state index contributed by atoms with van der Waals surface area (Å²) in [5.41, 5.74) is 4.06. The molecule has 0 saturated carbocycles. The molecule has 1 aliphatic heterocycles. The van der Waals surface area contributed by atoms with Crippen molar-refractivity contribution in [1.82, 2.24) is 9.78 Å². The second-order valence-corrected chi connectivity index (χ2v) is 8.40. The Labute approximate surface area is 204 Å². The molecule has 2 amide bonds. The molecule has 2 heterocycles. The minimum absolute atomic E-state index is 0.0668. The molecule has 1 aromatic heterocycles. The zero-order chi connectivity index (χ0) is 24.2. The van der Waals surface area contributed by atoms with Gasteiger partial charge < -0.3 is 15.0 Å². The number of carbonyl (C=O) groups excluding carboxylic acids is 2. The average molecular weight is 467 g/mol. The lowest BCUT2D eigenvalue weighted by atomic mass is 10.1. The van der Waals surface area contributed by atoms with Gasteiger partial charge in [0.2, 0.25) is 5.91 Å². The predicted octanol–water partition coefficient (Wildman–Crippen LogP) is 4.99. The topological polar surface area (TPSA) is 76.5 Å². The number of benzene rings is 3. The first-order valence-corrected chi connectivity index (χ1v) is 11.6. The van der Waals surface area contributed by atoms with Crippen LogP contribution in [0.1, 0.15) is 28.8 Å². The fourth-order valence-electron chi connectivity index (χ4n) is 4.39. The van der Waals surface area contributed by atoms with Gasteiger partial charge in [-0.3, -0.25) is 14.3 Å². The van der Waals surface area contributed by atoms with E-state index in [1.807, 2.05) is 78.9 Å². The molecule has 7 nitrogen and oxygen atoms in total. The highest BCUT2D eigenvalue weighted by atomic mass is 16.5. The predicted molar refractivity (Wildman–Crippen MR) is 136 cm³/mol. The van der Waals surface area contributed by atoms with Crippen LogP contribution in [0.2, 0.25) is 0 Å². The lowest BCUT2D eigenvalue weighted by Crippen LogP contribution is -2.25. The molecule has 35 heavy (non-hydrogen) atoms. The molecule has 1 N–H and O–H groups in total. The van der Waals surface area contributed by atoms with Crippen LogP contribution in [0.15, 0.2) is 85.1 Å². The molecule has 5 rings (SSSR count). The molecule has 0 spiro atoms. The van der Waals surface area contributed by atoms with Crippen molar-refractivity contribution in [2.75, 3.05) is 23.9 Å². The second kappa shape index (κ2) is 9.85. The lowest BCUT2D eigenvalue weighted by Gasteiger charge is -2.20. The van der Waals surface area contributed by atoms with Crippen molar-refractivity contribution < 1.29 is 14.3 Å². The first kappa shape index (κ1) is 22.4. The standard InChI is InChI=1S/C28H26N4O3/c1-35-25-15-8-5-12-21(25)27-22(19-31(30-27)18-20-10-3-2-4-11-20)28(34)29-23-13-6-7-14-24(23)32-17-9-16-26(32)33/h2-8,10-15,19H,9,16-18H2,1H3,(H,29,34). The van der Waals surface area contributed by atoms with Gasteiger partial charge in [0, 0.05) is 24.7 Å². The molecular formula is C28H26N4O3. The second-order valence-electron chi connectivity index (χ2n) is 8.40. The number of methoxy groups -OCH3 is 1. The number of hydrogen-bond donors (Lipinski definition) is 1. The first-order valence-electron chi connectivity index (χ1n) is 11.6. The summed E-state index contributed by atoms with van der Waals surface area (Å²) in [5, 5.41) is 7.79. The molecule has 1 aliphatic rings. The number of anilines is 2. The van der Waals surface area contributed by atoms with Crippen molar-refractivity contribution in [2.45, 2.75) is 19.4 Å². The van der Waals surface area contributed by atoms with E-state index in [1.54, 1.807) is 22.9 Å². The summed E-state index contributed by atoms with van der Waals surface area (Å²) >= 11 is 0. The number of ether oxygens (including phenoxy) is 1. The highest BCUT2D eigenvalue weighted by molar-refractivity contribution is 6.11. The van der Waals surface area contributed by atoms with E-state index in [-0.39, 0.29) is 11.8 Å². The summed E-state index contributed by atoms with van der Waals surface area (Å²) in [7, 11) is 1.60. The fraction of sp³-hybridized carbons (Fsp3) is 0.179. The van der Waals surface area contributed by atoms with Crippen molar-refractivity contribution in [3.05, 3.63) is 96.2 Å². The number of para-hydroxylation sites is 3. The zero-order valence-corrected chi connectivity index (χ0v) is 19.5. The fourth-order valence-corrected chi connectivity index (χ4v) is 4.39. The average Bonchev–Trinajstić information content (AvgIpc) is 3.51. The molecule has 4 aromatic rings. The Bertz CT molecular complexity index is 1360. The van der Waals surface area contributed by atoms with Crippen LogP contribution in [-0.4, -0.2) is 35.2 Å². The van der Waals surface area contributed by atoms with Crippen LogP contribution < -0.4 is 15.0 Å². The van der Waals surface area contributed by atoms with Gasteiger partial charge in [-0.05, 0) is 36.2 Å². The molecule has 0 unspecified atom stereocenters. The van der Waals surface area contributed by atoms with Gasteiger partial charge in [-0.2, -0.15) is 5.10 Å². The van der Waals surface area contributed by atoms with Crippen LogP contribution in [0, 0.1) is 0 Å². The minimum atomic E-state index is -0.302. The van der Waals surface area contributed by atoms with Gasteiger partial charge >= 0.3 is 0 Å². The first-order chi connectivity index (χ1) is 17.1. The van der Waals surface area contributed by atoms with E-state index in [1.165, 1.54) is 0 Å². The number of nitrogens with one attached hydrogen (secondary N) is 1. The summed E-state index contributed by atoms with van der Waals surface area (Å²) < 4.78 is 7.32. The van der Waals surface area contributed by atoms with E-state index in [2.05, 4.69) is 5.32 Å². The number of amides is 2. The molecule has 176 valence electrons. The molecule has 1 fully saturated rings. The summed E-state index contributed by atoms with van der Waals surface area (Å²) in [6.45, 7) is 1.17.